The lowest BCUT2D eigenvalue weighted by Gasteiger charge is -2.24. The van der Waals surface area contributed by atoms with E-state index in [2.05, 4.69) is 0 Å². The maximum absolute atomic E-state index is 12.2. The first-order chi connectivity index (χ1) is 9.66. The number of hydrogen-bond acceptors (Lipinski definition) is 2. The van der Waals surface area contributed by atoms with Crippen LogP contribution in [-0.4, -0.2) is 30.5 Å². The molecule has 1 aliphatic rings. The van der Waals surface area contributed by atoms with Crippen molar-refractivity contribution in [3.8, 4) is 5.75 Å². The van der Waals surface area contributed by atoms with Gasteiger partial charge in [-0.25, -0.2) is 0 Å². The van der Waals surface area contributed by atoms with Gasteiger partial charge < -0.3 is 9.64 Å². The second kappa shape index (κ2) is 7.53. The second-order valence-electron chi connectivity index (χ2n) is 5.35. The van der Waals surface area contributed by atoms with Crippen LogP contribution in [-0.2, 0) is 4.79 Å². The molecule has 0 saturated carbocycles. The fraction of sp³-hybridized carbons (Fsp3) is 0.562. The lowest BCUT2D eigenvalue weighted by molar-refractivity contribution is -0.133. The van der Waals surface area contributed by atoms with Crippen molar-refractivity contribution in [1.29, 1.82) is 0 Å². The van der Waals surface area contributed by atoms with E-state index in [0.717, 1.165) is 31.5 Å². The van der Waals surface area contributed by atoms with E-state index in [9.17, 15) is 4.79 Å². The van der Waals surface area contributed by atoms with E-state index < -0.39 is 0 Å². The molecule has 1 fully saturated rings. The maximum atomic E-state index is 12.2. The highest BCUT2D eigenvalue weighted by molar-refractivity contribution is 6.31. The van der Waals surface area contributed by atoms with Gasteiger partial charge in [0.15, 0.2) is 6.61 Å². The van der Waals surface area contributed by atoms with E-state index in [1.807, 2.05) is 17.9 Å². The van der Waals surface area contributed by atoms with Crippen molar-refractivity contribution >= 4 is 17.5 Å². The standard InChI is InChI=1S/C16H22ClNO2/c1-13-11-14(7-8-15(13)17)20-12-16(19)18-9-5-3-2-4-6-10-18/h7-8,11H,2-6,9-10,12H2,1H3. The maximum Gasteiger partial charge on any atom is 0.260 e. The van der Waals surface area contributed by atoms with Crippen molar-refractivity contribution in [2.45, 2.75) is 39.0 Å². The van der Waals surface area contributed by atoms with Gasteiger partial charge in [-0.3, -0.25) is 4.79 Å². The molecule has 0 bridgehead atoms. The van der Waals surface area contributed by atoms with E-state index in [1.54, 1.807) is 12.1 Å². The summed E-state index contributed by atoms with van der Waals surface area (Å²) in [6, 6.07) is 5.46. The first-order valence-corrected chi connectivity index (χ1v) is 7.71. The summed E-state index contributed by atoms with van der Waals surface area (Å²) in [6.45, 7) is 3.76. The third-order valence-corrected chi connectivity index (χ3v) is 4.12. The van der Waals surface area contributed by atoms with Gasteiger partial charge in [0.05, 0.1) is 0 Å². The van der Waals surface area contributed by atoms with Crippen LogP contribution in [0, 0.1) is 6.92 Å². The molecule has 0 unspecified atom stereocenters. The van der Waals surface area contributed by atoms with Crippen molar-refractivity contribution in [2.24, 2.45) is 0 Å². The van der Waals surface area contributed by atoms with Gasteiger partial charge in [0, 0.05) is 18.1 Å². The molecule has 0 spiro atoms. The van der Waals surface area contributed by atoms with E-state index in [1.165, 1.54) is 19.3 Å². The van der Waals surface area contributed by atoms with Crippen LogP contribution in [0.15, 0.2) is 18.2 Å². The highest BCUT2D eigenvalue weighted by Crippen LogP contribution is 2.21. The Kier molecular flexibility index (Phi) is 5.72. The van der Waals surface area contributed by atoms with Crippen LogP contribution >= 0.6 is 11.6 Å². The molecule has 20 heavy (non-hydrogen) atoms. The Hall–Kier alpha value is -1.22. The van der Waals surface area contributed by atoms with Crippen LogP contribution in [0.25, 0.3) is 0 Å². The van der Waals surface area contributed by atoms with Gasteiger partial charge in [-0.2, -0.15) is 0 Å². The molecule has 1 aliphatic heterocycles. The number of carbonyl (C=O) groups is 1. The number of likely N-dealkylation sites (tertiary alicyclic amines) is 1. The van der Waals surface area contributed by atoms with Gasteiger partial charge >= 0.3 is 0 Å². The molecule has 1 saturated heterocycles. The second-order valence-corrected chi connectivity index (χ2v) is 5.76. The Morgan fingerprint density at radius 3 is 2.50 bits per heavy atom. The predicted octanol–water partition coefficient (Wildman–Crippen LogP) is 3.82. The van der Waals surface area contributed by atoms with Crippen molar-refractivity contribution in [3.05, 3.63) is 28.8 Å². The van der Waals surface area contributed by atoms with Crippen LogP contribution in [0.5, 0.6) is 5.75 Å². The van der Waals surface area contributed by atoms with Gasteiger partial charge in [0.25, 0.3) is 5.91 Å². The zero-order chi connectivity index (χ0) is 14.4. The van der Waals surface area contributed by atoms with Crippen molar-refractivity contribution < 1.29 is 9.53 Å². The van der Waals surface area contributed by atoms with Gasteiger partial charge in [0.2, 0.25) is 0 Å². The smallest absolute Gasteiger partial charge is 0.260 e. The number of carbonyl (C=O) groups excluding carboxylic acids is 1. The average molecular weight is 296 g/mol. The molecular weight excluding hydrogens is 274 g/mol. The summed E-state index contributed by atoms with van der Waals surface area (Å²) in [5.74, 6) is 0.784. The van der Waals surface area contributed by atoms with Crippen LogP contribution < -0.4 is 4.74 Å². The fourth-order valence-corrected chi connectivity index (χ4v) is 2.56. The summed E-state index contributed by atoms with van der Waals surface area (Å²) in [5.41, 5.74) is 0.961. The van der Waals surface area contributed by atoms with Gasteiger partial charge in [-0.05, 0) is 43.5 Å². The Morgan fingerprint density at radius 2 is 1.85 bits per heavy atom. The molecule has 0 atom stereocenters. The van der Waals surface area contributed by atoms with E-state index in [4.69, 9.17) is 16.3 Å². The summed E-state index contributed by atoms with van der Waals surface area (Å²) in [6.07, 6.45) is 5.95. The third-order valence-electron chi connectivity index (χ3n) is 3.70. The first kappa shape index (κ1) is 15.2. The summed E-state index contributed by atoms with van der Waals surface area (Å²) < 4.78 is 5.58. The molecule has 0 N–H and O–H groups in total. The number of aryl methyl sites for hydroxylation is 1. The van der Waals surface area contributed by atoms with Crippen LogP contribution in [0.1, 0.15) is 37.7 Å². The number of ether oxygens (including phenoxy) is 1. The Bertz CT molecular complexity index is 454. The highest BCUT2D eigenvalue weighted by atomic mass is 35.5. The third kappa shape index (κ3) is 4.41. The van der Waals surface area contributed by atoms with Gasteiger partial charge in [-0.15, -0.1) is 0 Å². The number of rotatable bonds is 3. The Balaban J connectivity index is 1.85. The predicted molar refractivity (Wildman–Crippen MR) is 81.3 cm³/mol. The molecule has 1 heterocycles. The average Bonchev–Trinajstić information content (AvgIpc) is 2.39. The first-order valence-electron chi connectivity index (χ1n) is 7.33. The number of nitrogens with zero attached hydrogens (tertiary/aromatic N) is 1. The summed E-state index contributed by atoms with van der Waals surface area (Å²) in [4.78, 5) is 14.1. The molecule has 3 nitrogen and oxygen atoms in total. The van der Waals surface area contributed by atoms with E-state index >= 15 is 0 Å². The minimum Gasteiger partial charge on any atom is -0.484 e. The fourth-order valence-electron chi connectivity index (χ4n) is 2.44. The molecule has 1 aromatic rings. The minimum atomic E-state index is 0.0829. The van der Waals surface area contributed by atoms with Crippen molar-refractivity contribution in [2.75, 3.05) is 19.7 Å². The molecule has 110 valence electrons. The molecule has 4 heteroatoms. The highest BCUT2D eigenvalue weighted by Gasteiger charge is 2.15. The van der Waals surface area contributed by atoms with Crippen LogP contribution in [0.2, 0.25) is 5.02 Å². The van der Waals surface area contributed by atoms with Gasteiger partial charge in [0.1, 0.15) is 5.75 Å². The lowest BCUT2D eigenvalue weighted by Crippen LogP contribution is -2.37. The summed E-state index contributed by atoms with van der Waals surface area (Å²) >= 11 is 5.97. The molecule has 0 radical (unpaired) electrons. The zero-order valence-corrected chi connectivity index (χ0v) is 12.8. The normalized spacial score (nSPS) is 16.4. The number of amides is 1. The largest absolute Gasteiger partial charge is 0.484 e. The molecule has 1 amide bonds. The Morgan fingerprint density at radius 1 is 1.20 bits per heavy atom. The van der Waals surface area contributed by atoms with Crippen LogP contribution in [0.4, 0.5) is 0 Å². The lowest BCUT2D eigenvalue weighted by atomic mass is 10.1. The quantitative estimate of drug-likeness (QED) is 0.848. The summed E-state index contributed by atoms with van der Waals surface area (Å²) in [5, 5.41) is 0.715. The minimum absolute atomic E-state index is 0.0829. The van der Waals surface area contributed by atoms with E-state index in [-0.39, 0.29) is 12.5 Å². The molecule has 0 aromatic heterocycles. The van der Waals surface area contributed by atoms with E-state index in [0.29, 0.717) is 10.8 Å². The Labute approximate surface area is 125 Å². The topological polar surface area (TPSA) is 29.5 Å². The van der Waals surface area contributed by atoms with Crippen molar-refractivity contribution in [3.63, 3.8) is 0 Å². The number of hydrogen-bond donors (Lipinski definition) is 0. The molecule has 1 aromatic carbocycles. The SMILES string of the molecule is Cc1cc(OCC(=O)N2CCCCCCC2)ccc1Cl. The van der Waals surface area contributed by atoms with Gasteiger partial charge in [-0.1, -0.05) is 30.9 Å². The van der Waals surface area contributed by atoms with Crippen LogP contribution in [0.3, 0.4) is 0 Å². The number of halogens is 1. The molecule has 0 aliphatic carbocycles. The zero-order valence-electron chi connectivity index (χ0n) is 12.0. The number of benzene rings is 1. The molecular formula is C16H22ClNO2. The molecule has 2 rings (SSSR count). The van der Waals surface area contributed by atoms with Crippen molar-refractivity contribution in [1.82, 2.24) is 4.90 Å². The summed E-state index contributed by atoms with van der Waals surface area (Å²) in [7, 11) is 0. The monoisotopic (exact) mass is 295 g/mol.